The largest absolute Gasteiger partial charge is 0.480 e. The second-order valence-corrected chi connectivity index (χ2v) is 10.9. The SMILES string of the molecule is CC(Oc1ccc(S(C)(=O)=O)cc1C(=O)N1CCN(c2cc3c(cc2F)CCC3=O)CC1)C(F)(F)F. The van der Waals surface area contributed by atoms with Gasteiger partial charge >= 0.3 is 6.18 Å². The summed E-state index contributed by atoms with van der Waals surface area (Å²) in [6.07, 6.45) is -5.16. The number of halogens is 4. The van der Waals surface area contributed by atoms with E-state index >= 15 is 0 Å². The number of benzene rings is 2. The molecule has 1 amide bonds. The number of ether oxygens (including phenoxy) is 1. The first-order valence-corrected chi connectivity index (χ1v) is 13.1. The molecule has 2 aromatic carbocycles. The first-order chi connectivity index (χ1) is 16.8. The summed E-state index contributed by atoms with van der Waals surface area (Å²) in [5.74, 6) is -1.61. The van der Waals surface area contributed by atoms with Crippen molar-refractivity contribution in [1.82, 2.24) is 4.90 Å². The molecule has 2 aliphatic rings. The van der Waals surface area contributed by atoms with Gasteiger partial charge in [0.15, 0.2) is 21.7 Å². The highest BCUT2D eigenvalue weighted by Gasteiger charge is 2.39. The lowest BCUT2D eigenvalue weighted by molar-refractivity contribution is -0.189. The van der Waals surface area contributed by atoms with Crippen LogP contribution in [-0.4, -0.2) is 69.7 Å². The van der Waals surface area contributed by atoms with Crippen LogP contribution in [0, 0.1) is 5.82 Å². The molecule has 194 valence electrons. The van der Waals surface area contributed by atoms with Gasteiger partial charge in [-0.15, -0.1) is 0 Å². The maximum atomic E-state index is 14.7. The number of aryl methyl sites for hydroxylation is 1. The summed E-state index contributed by atoms with van der Waals surface area (Å²) >= 11 is 0. The van der Waals surface area contributed by atoms with Crippen molar-refractivity contribution < 1.29 is 40.3 Å². The second-order valence-electron chi connectivity index (χ2n) is 8.90. The summed E-state index contributed by atoms with van der Waals surface area (Å²) in [5.41, 5.74) is 1.10. The lowest BCUT2D eigenvalue weighted by Gasteiger charge is -2.36. The van der Waals surface area contributed by atoms with Crippen LogP contribution in [-0.2, 0) is 16.3 Å². The monoisotopic (exact) mass is 528 g/mol. The van der Waals surface area contributed by atoms with Crippen LogP contribution in [0.25, 0.3) is 0 Å². The predicted molar refractivity (Wildman–Crippen MR) is 123 cm³/mol. The normalized spacial score (nSPS) is 17.2. The average molecular weight is 529 g/mol. The molecule has 1 saturated heterocycles. The zero-order valence-electron chi connectivity index (χ0n) is 19.6. The van der Waals surface area contributed by atoms with Crippen LogP contribution in [0.2, 0.25) is 0 Å². The highest BCUT2D eigenvalue weighted by Crippen LogP contribution is 2.32. The Morgan fingerprint density at radius 2 is 1.72 bits per heavy atom. The molecule has 1 aliphatic heterocycles. The number of ketones is 1. The van der Waals surface area contributed by atoms with Crippen LogP contribution in [0.15, 0.2) is 35.2 Å². The summed E-state index contributed by atoms with van der Waals surface area (Å²) < 4.78 is 82.9. The number of sulfone groups is 1. The molecule has 1 atom stereocenters. The number of alkyl halides is 3. The predicted octanol–water partition coefficient (Wildman–Crippen LogP) is 3.65. The van der Waals surface area contributed by atoms with Gasteiger partial charge in [0.05, 0.1) is 16.1 Å². The van der Waals surface area contributed by atoms with Gasteiger partial charge in [-0.05, 0) is 49.2 Å². The number of hydrogen-bond donors (Lipinski definition) is 0. The third-order valence-corrected chi connectivity index (χ3v) is 7.49. The minimum absolute atomic E-state index is 0.0496. The molecule has 0 saturated carbocycles. The van der Waals surface area contributed by atoms with Crippen molar-refractivity contribution in [3.8, 4) is 5.75 Å². The van der Waals surface area contributed by atoms with Crippen molar-refractivity contribution in [2.24, 2.45) is 0 Å². The van der Waals surface area contributed by atoms with Crippen LogP contribution >= 0.6 is 0 Å². The first kappa shape index (κ1) is 25.9. The van der Waals surface area contributed by atoms with Crippen molar-refractivity contribution in [2.45, 2.75) is 36.9 Å². The number of piperazine rings is 1. The number of fused-ring (bicyclic) bond motifs is 1. The molecule has 1 heterocycles. The molecule has 1 unspecified atom stereocenters. The van der Waals surface area contributed by atoms with Gasteiger partial charge in [-0.3, -0.25) is 9.59 Å². The molecule has 0 N–H and O–H groups in total. The maximum absolute atomic E-state index is 14.7. The minimum Gasteiger partial charge on any atom is -0.480 e. The van der Waals surface area contributed by atoms with Crippen molar-refractivity contribution in [3.05, 3.63) is 52.8 Å². The fraction of sp³-hybridized carbons (Fsp3) is 0.417. The smallest absolute Gasteiger partial charge is 0.425 e. The van der Waals surface area contributed by atoms with E-state index in [1.807, 2.05) is 0 Å². The van der Waals surface area contributed by atoms with E-state index in [0.29, 0.717) is 24.0 Å². The first-order valence-electron chi connectivity index (χ1n) is 11.2. The Bertz CT molecular complexity index is 1320. The van der Waals surface area contributed by atoms with Crippen molar-refractivity contribution in [3.63, 3.8) is 0 Å². The van der Waals surface area contributed by atoms with Gasteiger partial charge in [0.1, 0.15) is 11.6 Å². The molecular weight excluding hydrogens is 504 g/mol. The van der Waals surface area contributed by atoms with Crippen molar-refractivity contribution in [1.29, 1.82) is 0 Å². The number of carbonyl (C=O) groups is 2. The highest BCUT2D eigenvalue weighted by atomic mass is 32.2. The van der Waals surface area contributed by atoms with Crippen LogP contribution in [0.3, 0.4) is 0 Å². The fourth-order valence-corrected chi connectivity index (χ4v) is 4.93. The third-order valence-electron chi connectivity index (χ3n) is 6.38. The summed E-state index contributed by atoms with van der Waals surface area (Å²) in [7, 11) is -3.75. The van der Waals surface area contributed by atoms with Gasteiger partial charge in [0.2, 0.25) is 0 Å². The quantitative estimate of drug-likeness (QED) is 0.551. The van der Waals surface area contributed by atoms with Crippen molar-refractivity contribution in [2.75, 3.05) is 37.3 Å². The lowest BCUT2D eigenvalue weighted by atomic mass is 10.1. The van der Waals surface area contributed by atoms with E-state index in [4.69, 9.17) is 4.74 Å². The molecule has 36 heavy (non-hydrogen) atoms. The zero-order chi connectivity index (χ0) is 26.4. The minimum atomic E-state index is -4.69. The van der Waals surface area contributed by atoms with Crippen LogP contribution < -0.4 is 9.64 Å². The van der Waals surface area contributed by atoms with E-state index in [1.54, 1.807) is 4.90 Å². The number of hydrogen-bond acceptors (Lipinski definition) is 6. The van der Waals surface area contributed by atoms with Gasteiger partial charge in [0, 0.05) is 44.4 Å². The molecule has 7 nitrogen and oxygen atoms in total. The van der Waals surface area contributed by atoms with Crippen molar-refractivity contribution >= 4 is 27.2 Å². The zero-order valence-corrected chi connectivity index (χ0v) is 20.4. The Balaban J connectivity index is 1.56. The molecule has 4 rings (SSSR count). The number of rotatable bonds is 5. The molecule has 0 spiro atoms. The topological polar surface area (TPSA) is 84.0 Å². The van der Waals surface area contributed by atoms with Gasteiger partial charge in [-0.25, -0.2) is 12.8 Å². The molecule has 0 bridgehead atoms. The number of nitrogens with zero attached hydrogens (tertiary/aromatic N) is 2. The molecule has 2 aromatic rings. The van der Waals surface area contributed by atoms with Crippen LogP contribution in [0.4, 0.5) is 23.2 Å². The Morgan fingerprint density at radius 1 is 1.06 bits per heavy atom. The standard InChI is InChI=1S/C24H24F4N2O5S/c1-14(24(26,27)28)35-22-6-4-16(36(2,33)34)12-18(22)23(32)30-9-7-29(8-10-30)20-13-17-15(11-19(20)25)3-5-21(17)31/h4,6,11-14H,3,5,7-10H2,1-2H3. The highest BCUT2D eigenvalue weighted by molar-refractivity contribution is 7.90. The molecule has 12 heteroatoms. The Kier molecular flexibility index (Phi) is 6.76. The van der Waals surface area contributed by atoms with E-state index in [9.17, 15) is 35.6 Å². The molecule has 1 aliphatic carbocycles. The van der Waals surface area contributed by atoms with E-state index in [-0.39, 0.29) is 53.9 Å². The molecule has 0 aromatic heterocycles. The summed E-state index contributed by atoms with van der Waals surface area (Å²) in [4.78, 5) is 28.1. The fourth-order valence-electron chi connectivity index (χ4n) is 4.28. The maximum Gasteiger partial charge on any atom is 0.425 e. The van der Waals surface area contributed by atoms with E-state index < -0.39 is 33.8 Å². The Morgan fingerprint density at radius 3 is 2.33 bits per heavy atom. The molecule has 0 radical (unpaired) electrons. The number of anilines is 1. The third kappa shape index (κ3) is 5.18. The summed E-state index contributed by atoms with van der Waals surface area (Å²) in [5, 5.41) is 0. The average Bonchev–Trinajstić information content (AvgIpc) is 3.16. The summed E-state index contributed by atoms with van der Waals surface area (Å²) in [6, 6.07) is 6.01. The van der Waals surface area contributed by atoms with E-state index in [0.717, 1.165) is 31.4 Å². The number of carbonyl (C=O) groups excluding carboxylic acids is 2. The number of Topliss-reactive ketones (excluding diaryl/α,β-unsaturated/α-hetero) is 1. The van der Waals surface area contributed by atoms with Crippen LogP contribution in [0.5, 0.6) is 5.75 Å². The van der Waals surface area contributed by atoms with E-state index in [1.165, 1.54) is 17.0 Å². The lowest BCUT2D eigenvalue weighted by Crippen LogP contribution is -2.49. The van der Waals surface area contributed by atoms with Gasteiger partial charge in [0.25, 0.3) is 5.91 Å². The van der Waals surface area contributed by atoms with Crippen LogP contribution in [0.1, 0.15) is 39.6 Å². The Labute approximate surface area is 205 Å². The molecular formula is C24H24F4N2O5S. The number of amides is 1. The van der Waals surface area contributed by atoms with Gasteiger partial charge in [-0.1, -0.05) is 0 Å². The Hall–Kier alpha value is -3.15. The van der Waals surface area contributed by atoms with Gasteiger partial charge in [-0.2, -0.15) is 13.2 Å². The van der Waals surface area contributed by atoms with Gasteiger partial charge < -0.3 is 14.5 Å². The van der Waals surface area contributed by atoms with E-state index in [2.05, 4.69) is 0 Å². The summed E-state index contributed by atoms with van der Waals surface area (Å²) in [6.45, 7) is 1.39. The molecule has 1 fully saturated rings. The second kappa shape index (κ2) is 9.38.